The molecule has 0 bridgehead atoms. The van der Waals surface area contributed by atoms with Crippen LogP contribution in [0, 0.1) is 5.92 Å². The number of carboxylic acid groups (broad SMARTS) is 1. The van der Waals surface area contributed by atoms with Crippen molar-refractivity contribution in [3.8, 4) is 5.75 Å². The summed E-state index contributed by atoms with van der Waals surface area (Å²) in [6.07, 6.45) is -0.564. The van der Waals surface area contributed by atoms with E-state index in [2.05, 4.69) is 16.0 Å². The van der Waals surface area contributed by atoms with Crippen LogP contribution in [-0.4, -0.2) is 64.5 Å². The lowest BCUT2D eigenvalue weighted by Gasteiger charge is -2.22. The molecule has 3 unspecified atom stereocenters. The highest BCUT2D eigenvalue weighted by molar-refractivity contribution is 5.93. The molecule has 0 aliphatic rings. The molecule has 0 saturated carbocycles. The summed E-state index contributed by atoms with van der Waals surface area (Å²) < 4.78 is 0. The van der Waals surface area contributed by atoms with Gasteiger partial charge in [0, 0.05) is 6.42 Å². The second-order valence-corrected chi connectivity index (χ2v) is 7.55. The van der Waals surface area contributed by atoms with Gasteiger partial charge in [-0.3, -0.25) is 19.2 Å². The number of carbonyl (C=O) groups excluding carboxylic acids is 4. The van der Waals surface area contributed by atoms with Crippen LogP contribution in [0.2, 0.25) is 0 Å². The molecule has 176 valence electrons. The Hall–Kier alpha value is -3.67. The van der Waals surface area contributed by atoms with Crippen LogP contribution in [0.15, 0.2) is 24.3 Å². The minimum atomic E-state index is -1.53. The van der Waals surface area contributed by atoms with Gasteiger partial charge in [0.15, 0.2) is 0 Å². The second kappa shape index (κ2) is 12.2. The number of primary amides is 1. The molecule has 0 saturated heterocycles. The quantitative estimate of drug-likeness (QED) is 0.187. The number of hydrogen-bond donors (Lipinski definition) is 7. The van der Waals surface area contributed by atoms with Crippen LogP contribution < -0.4 is 27.4 Å². The summed E-state index contributed by atoms with van der Waals surface area (Å²) in [7, 11) is 0. The molecule has 4 amide bonds. The van der Waals surface area contributed by atoms with Gasteiger partial charge < -0.3 is 37.6 Å². The SMILES string of the molecule is CC(C)C(N)C(=O)NC(Cc1ccc(O)cc1)C(=O)NCC(=O)NC(CC(N)=O)C(=O)O. The molecule has 3 atom stereocenters. The molecular weight excluding hydrogens is 422 g/mol. The van der Waals surface area contributed by atoms with E-state index in [0.29, 0.717) is 5.56 Å². The van der Waals surface area contributed by atoms with E-state index in [-0.39, 0.29) is 18.1 Å². The minimum Gasteiger partial charge on any atom is -0.508 e. The predicted octanol–water partition coefficient (Wildman–Crippen LogP) is -2.04. The van der Waals surface area contributed by atoms with E-state index in [4.69, 9.17) is 16.6 Å². The summed E-state index contributed by atoms with van der Waals surface area (Å²) in [5, 5.41) is 25.4. The van der Waals surface area contributed by atoms with Gasteiger partial charge in [0.2, 0.25) is 23.6 Å². The molecule has 12 nitrogen and oxygen atoms in total. The number of phenolic OH excluding ortho intramolecular Hbond substituents is 1. The number of nitrogens with two attached hydrogens (primary N) is 2. The zero-order valence-electron chi connectivity index (χ0n) is 17.8. The van der Waals surface area contributed by atoms with Crippen molar-refractivity contribution in [1.29, 1.82) is 0 Å². The maximum Gasteiger partial charge on any atom is 0.326 e. The molecule has 1 aromatic carbocycles. The van der Waals surface area contributed by atoms with Crippen LogP contribution >= 0.6 is 0 Å². The van der Waals surface area contributed by atoms with Crippen LogP contribution in [0.25, 0.3) is 0 Å². The fourth-order valence-corrected chi connectivity index (χ4v) is 2.58. The lowest BCUT2D eigenvalue weighted by Crippen LogP contribution is -2.55. The van der Waals surface area contributed by atoms with Crippen LogP contribution in [-0.2, 0) is 30.4 Å². The van der Waals surface area contributed by atoms with Crippen molar-refractivity contribution < 1.29 is 34.2 Å². The van der Waals surface area contributed by atoms with Gasteiger partial charge in [-0.25, -0.2) is 4.79 Å². The molecule has 32 heavy (non-hydrogen) atoms. The van der Waals surface area contributed by atoms with E-state index in [1.165, 1.54) is 12.1 Å². The average molecular weight is 451 g/mol. The molecule has 12 heteroatoms. The number of hydrogen-bond acceptors (Lipinski definition) is 7. The standard InChI is InChI=1S/C20H29N5O7/c1-10(2)17(22)19(30)25-13(7-11-3-5-12(26)6-4-11)18(29)23-9-16(28)24-14(20(31)32)8-15(21)27/h3-6,10,13-14,17,26H,7-9,22H2,1-2H3,(H2,21,27)(H,23,29)(H,24,28)(H,25,30)(H,31,32). The van der Waals surface area contributed by atoms with Crippen LogP contribution in [0.1, 0.15) is 25.8 Å². The number of phenols is 1. The molecular formula is C20H29N5O7. The number of amides is 4. The van der Waals surface area contributed by atoms with Crippen molar-refractivity contribution in [2.24, 2.45) is 17.4 Å². The summed E-state index contributed by atoms with van der Waals surface area (Å²) >= 11 is 0. The Labute approximate surface area is 184 Å². The summed E-state index contributed by atoms with van der Waals surface area (Å²) in [5.41, 5.74) is 11.4. The summed E-state index contributed by atoms with van der Waals surface area (Å²) in [6.45, 7) is 2.89. The molecule has 0 radical (unpaired) electrons. The summed E-state index contributed by atoms with van der Waals surface area (Å²) in [4.78, 5) is 59.0. The van der Waals surface area contributed by atoms with Gasteiger partial charge in [0.1, 0.15) is 17.8 Å². The van der Waals surface area contributed by atoms with Gasteiger partial charge in [-0.15, -0.1) is 0 Å². The maximum absolute atomic E-state index is 12.7. The van der Waals surface area contributed by atoms with Crippen molar-refractivity contribution in [2.75, 3.05) is 6.54 Å². The lowest BCUT2D eigenvalue weighted by atomic mass is 10.0. The van der Waals surface area contributed by atoms with Gasteiger partial charge in [-0.2, -0.15) is 0 Å². The number of aromatic hydroxyl groups is 1. The molecule has 1 rings (SSSR count). The first-order valence-corrected chi connectivity index (χ1v) is 9.82. The third kappa shape index (κ3) is 9.00. The Balaban J connectivity index is 2.84. The molecule has 0 aliphatic heterocycles. The first kappa shape index (κ1) is 26.4. The Morgan fingerprint density at radius 3 is 2.06 bits per heavy atom. The predicted molar refractivity (Wildman–Crippen MR) is 113 cm³/mol. The van der Waals surface area contributed by atoms with Crippen molar-refractivity contribution in [3.63, 3.8) is 0 Å². The Morgan fingerprint density at radius 2 is 1.56 bits per heavy atom. The highest BCUT2D eigenvalue weighted by atomic mass is 16.4. The molecule has 0 fully saturated rings. The van der Waals surface area contributed by atoms with Gasteiger partial charge in [0.05, 0.1) is 19.0 Å². The highest BCUT2D eigenvalue weighted by Crippen LogP contribution is 2.12. The van der Waals surface area contributed by atoms with Crippen molar-refractivity contribution in [1.82, 2.24) is 16.0 Å². The van der Waals surface area contributed by atoms with Gasteiger partial charge in [0.25, 0.3) is 0 Å². The Morgan fingerprint density at radius 1 is 0.969 bits per heavy atom. The molecule has 1 aromatic rings. The molecule has 0 heterocycles. The largest absolute Gasteiger partial charge is 0.508 e. The van der Waals surface area contributed by atoms with E-state index in [9.17, 15) is 29.1 Å². The minimum absolute atomic E-state index is 0.0289. The zero-order valence-corrected chi connectivity index (χ0v) is 17.8. The van der Waals surface area contributed by atoms with E-state index < -0.39 is 60.7 Å². The summed E-state index contributed by atoms with van der Waals surface area (Å²) in [5.74, 6) is -4.66. The smallest absolute Gasteiger partial charge is 0.326 e. The highest BCUT2D eigenvalue weighted by Gasteiger charge is 2.27. The van der Waals surface area contributed by atoms with E-state index in [0.717, 1.165) is 0 Å². The Kier molecular flexibility index (Phi) is 10.1. The lowest BCUT2D eigenvalue weighted by molar-refractivity contribution is -0.143. The van der Waals surface area contributed by atoms with Gasteiger partial charge in [-0.1, -0.05) is 26.0 Å². The van der Waals surface area contributed by atoms with Crippen LogP contribution in [0.3, 0.4) is 0 Å². The van der Waals surface area contributed by atoms with E-state index in [1.54, 1.807) is 26.0 Å². The number of benzene rings is 1. The molecule has 9 N–H and O–H groups in total. The van der Waals surface area contributed by atoms with Crippen LogP contribution in [0.4, 0.5) is 0 Å². The first-order valence-electron chi connectivity index (χ1n) is 9.82. The Bertz CT molecular complexity index is 841. The number of rotatable bonds is 12. The fraction of sp³-hybridized carbons (Fsp3) is 0.450. The zero-order chi connectivity index (χ0) is 24.4. The average Bonchev–Trinajstić information content (AvgIpc) is 2.71. The van der Waals surface area contributed by atoms with Gasteiger partial charge >= 0.3 is 5.97 Å². The van der Waals surface area contributed by atoms with E-state index in [1.807, 2.05) is 0 Å². The van der Waals surface area contributed by atoms with Gasteiger partial charge in [-0.05, 0) is 23.6 Å². The molecule has 0 aliphatic carbocycles. The third-order valence-electron chi connectivity index (χ3n) is 4.49. The first-order chi connectivity index (χ1) is 14.9. The van der Waals surface area contributed by atoms with Crippen molar-refractivity contribution in [3.05, 3.63) is 29.8 Å². The molecule has 0 aromatic heterocycles. The van der Waals surface area contributed by atoms with Crippen LogP contribution in [0.5, 0.6) is 5.75 Å². The normalized spacial score (nSPS) is 13.5. The van der Waals surface area contributed by atoms with Crippen molar-refractivity contribution in [2.45, 2.75) is 44.8 Å². The summed E-state index contributed by atoms with van der Waals surface area (Å²) in [6, 6.07) is 2.49. The van der Waals surface area contributed by atoms with Crippen molar-refractivity contribution >= 4 is 29.6 Å². The second-order valence-electron chi connectivity index (χ2n) is 7.55. The molecule has 0 spiro atoms. The number of carboxylic acids is 1. The monoisotopic (exact) mass is 451 g/mol. The fourth-order valence-electron chi connectivity index (χ4n) is 2.58. The maximum atomic E-state index is 12.7. The number of nitrogens with one attached hydrogen (secondary N) is 3. The number of carbonyl (C=O) groups is 5. The number of aliphatic carboxylic acids is 1. The third-order valence-corrected chi connectivity index (χ3v) is 4.49. The topological polar surface area (TPSA) is 214 Å². The van der Waals surface area contributed by atoms with E-state index >= 15 is 0 Å².